The molecule has 6 nitrogen and oxygen atoms in total. The number of pyridine rings is 1. The number of halogens is 2. The Morgan fingerprint density at radius 2 is 1.86 bits per heavy atom. The third-order valence-electron chi connectivity index (χ3n) is 4.78. The molecule has 4 rings (SSSR count). The number of nitrogens with zero attached hydrogens (tertiary/aromatic N) is 4. The summed E-state index contributed by atoms with van der Waals surface area (Å²) in [7, 11) is 0. The molecule has 8 heteroatoms. The first kappa shape index (κ1) is 19.5. The SMILES string of the molecule is Cc1cn2cc(NC(=O)Cc3c(C)nn(-c4ccc(Cl)c(Cl)c4)c3C)ccc2n1. The average Bonchev–Trinajstić information content (AvgIpc) is 3.17. The minimum Gasteiger partial charge on any atom is -0.324 e. The molecule has 0 radical (unpaired) electrons. The quantitative estimate of drug-likeness (QED) is 0.501. The second-order valence-corrected chi connectivity index (χ2v) is 7.76. The molecule has 3 aromatic heterocycles. The molecule has 0 aliphatic carbocycles. The zero-order chi connectivity index (χ0) is 20.7. The van der Waals surface area contributed by atoms with Gasteiger partial charge in [0.2, 0.25) is 5.91 Å². The van der Waals surface area contributed by atoms with Crippen LogP contribution in [-0.2, 0) is 11.2 Å². The average molecular weight is 428 g/mol. The predicted octanol–water partition coefficient (Wildman–Crippen LogP) is 4.93. The van der Waals surface area contributed by atoms with Crippen molar-refractivity contribution < 1.29 is 4.79 Å². The predicted molar refractivity (Wildman–Crippen MR) is 115 cm³/mol. The number of aryl methyl sites for hydroxylation is 2. The largest absolute Gasteiger partial charge is 0.324 e. The molecular formula is C21H19Cl2N5O. The number of hydrogen-bond donors (Lipinski definition) is 1. The minimum atomic E-state index is -0.110. The Hall–Kier alpha value is -2.83. The van der Waals surface area contributed by atoms with Crippen molar-refractivity contribution in [2.75, 3.05) is 5.32 Å². The Morgan fingerprint density at radius 3 is 2.62 bits per heavy atom. The lowest BCUT2D eigenvalue weighted by Gasteiger charge is -2.08. The third-order valence-corrected chi connectivity index (χ3v) is 5.52. The summed E-state index contributed by atoms with van der Waals surface area (Å²) in [5, 5.41) is 8.47. The fourth-order valence-electron chi connectivity index (χ4n) is 3.36. The normalized spacial score (nSPS) is 11.2. The first-order chi connectivity index (χ1) is 13.8. The van der Waals surface area contributed by atoms with E-state index in [9.17, 15) is 4.79 Å². The molecule has 3 heterocycles. The van der Waals surface area contributed by atoms with E-state index < -0.39 is 0 Å². The maximum atomic E-state index is 12.7. The fraction of sp³-hybridized carbons (Fsp3) is 0.190. The smallest absolute Gasteiger partial charge is 0.228 e. The summed E-state index contributed by atoms with van der Waals surface area (Å²) >= 11 is 12.1. The van der Waals surface area contributed by atoms with Crippen LogP contribution >= 0.6 is 23.2 Å². The molecule has 4 aromatic rings. The van der Waals surface area contributed by atoms with Gasteiger partial charge in [-0.3, -0.25) is 4.79 Å². The summed E-state index contributed by atoms with van der Waals surface area (Å²) in [6.45, 7) is 5.76. The maximum Gasteiger partial charge on any atom is 0.228 e. The molecule has 0 unspecified atom stereocenters. The zero-order valence-corrected chi connectivity index (χ0v) is 17.7. The van der Waals surface area contributed by atoms with Gasteiger partial charge in [-0.25, -0.2) is 9.67 Å². The second-order valence-electron chi connectivity index (χ2n) is 6.95. The van der Waals surface area contributed by atoms with Crippen molar-refractivity contribution in [2.45, 2.75) is 27.2 Å². The monoisotopic (exact) mass is 427 g/mol. The molecule has 0 spiro atoms. The number of carbonyl (C=O) groups excluding carboxylic acids is 1. The van der Waals surface area contributed by atoms with E-state index in [0.717, 1.165) is 34.0 Å². The van der Waals surface area contributed by atoms with Crippen LogP contribution in [0.4, 0.5) is 5.69 Å². The lowest BCUT2D eigenvalue weighted by molar-refractivity contribution is -0.115. The summed E-state index contributed by atoms with van der Waals surface area (Å²) in [5.41, 5.74) is 5.85. The van der Waals surface area contributed by atoms with Crippen LogP contribution in [-0.4, -0.2) is 25.1 Å². The number of rotatable bonds is 4. The van der Waals surface area contributed by atoms with E-state index in [1.807, 2.05) is 55.8 Å². The van der Waals surface area contributed by atoms with Gasteiger partial charge in [-0.15, -0.1) is 0 Å². The highest BCUT2D eigenvalue weighted by Crippen LogP contribution is 2.26. The summed E-state index contributed by atoms with van der Waals surface area (Å²) in [6, 6.07) is 9.06. The summed E-state index contributed by atoms with van der Waals surface area (Å²) in [4.78, 5) is 17.0. The first-order valence-electron chi connectivity index (χ1n) is 9.07. The van der Waals surface area contributed by atoms with Gasteiger partial charge in [-0.05, 0) is 51.1 Å². The van der Waals surface area contributed by atoms with Crippen molar-refractivity contribution in [1.82, 2.24) is 19.2 Å². The van der Waals surface area contributed by atoms with E-state index in [1.54, 1.807) is 16.8 Å². The van der Waals surface area contributed by atoms with Crippen LogP contribution < -0.4 is 5.32 Å². The molecule has 148 valence electrons. The molecule has 0 fully saturated rings. The van der Waals surface area contributed by atoms with Gasteiger partial charge in [-0.2, -0.15) is 5.10 Å². The molecule has 1 N–H and O–H groups in total. The number of imidazole rings is 1. The molecule has 29 heavy (non-hydrogen) atoms. The van der Waals surface area contributed by atoms with Crippen LogP contribution in [0, 0.1) is 20.8 Å². The van der Waals surface area contributed by atoms with Crippen molar-refractivity contribution >= 4 is 40.4 Å². The van der Waals surface area contributed by atoms with Crippen molar-refractivity contribution in [3.63, 3.8) is 0 Å². The van der Waals surface area contributed by atoms with E-state index >= 15 is 0 Å². The number of benzene rings is 1. The third kappa shape index (κ3) is 3.86. The second kappa shape index (κ2) is 7.54. The summed E-state index contributed by atoms with van der Waals surface area (Å²) in [5.74, 6) is -0.110. The Balaban J connectivity index is 1.56. The van der Waals surface area contributed by atoms with Crippen molar-refractivity contribution in [3.05, 3.63) is 75.4 Å². The van der Waals surface area contributed by atoms with E-state index in [0.29, 0.717) is 15.7 Å². The Morgan fingerprint density at radius 1 is 1.07 bits per heavy atom. The topological polar surface area (TPSA) is 64.2 Å². The van der Waals surface area contributed by atoms with Crippen LogP contribution in [0.2, 0.25) is 10.0 Å². The molecular weight excluding hydrogens is 409 g/mol. The highest BCUT2D eigenvalue weighted by molar-refractivity contribution is 6.42. The van der Waals surface area contributed by atoms with Crippen LogP contribution in [0.1, 0.15) is 22.6 Å². The van der Waals surface area contributed by atoms with Crippen molar-refractivity contribution in [3.8, 4) is 5.69 Å². The number of hydrogen-bond acceptors (Lipinski definition) is 3. The number of fused-ring (bicyclic) bond motifs is 1. The fourth-order valence-corrected chi connectivity index (χ4v) is 3.65. The van der Waals surface area contributed by atoms with Crippen molar-refractivity contribution in [1.29, 1.82) is 0 Å². The number of amides is 1. The molecule has 0 saturated carbocycles. The van der Waals surface area contributed by atoms with Gasteiger partial charge >= 0.3 is 0 Å². The van der Waals surface area contributed by atoms with E-state index in [-0.39, 0.29) is 12.3 Å². The summed E-state index contributed by atoms with van der Waals surface area (Å²) < 4.78 is 3.67. The first-order valence-corrected chi connectivity index (χ1v) is 9.83. The molecule has 0 bridgehead atoms. The number of aromatic nitrogens is 4. The van der Waals surface area contributed by atoms with Gasteiger partial charge in [-0.1, -0.05) is 23.2 Å². The van der Waals surface area contributed by atoms with Gasteiger partial charge in [0.05, 0.1) is 39.2 Å². The molecule has 1 aromatic carbocycles. The Bertz CT molecular complexity index is 1240. The highest BCUT2D eigenvalue weighted by atomic mass is 35.5. The van der Waals surface area contributed by atoms with Gasteiger partial charge in [0.25, 0.3) is 0 Å². The lowest BCUT2D eigenvalue weighted by Crippen LogP contribution is -2.15. The molecule has 0 aliphatic rings. The van der Waals surface area contributed by atoms with E-state index in [2.05, 4.69) is 15.4 Å². The van der Waals surface area contributed by atoms with E-state index in [4.69, 9.17) is 23.2 Å². The number of nitrogens with one attached hydrogen (secondary N) is 1. The molecule has 0 saturated heterocycles. The lowest BCUT2D eigenvalue weighted by atomic mass is 10.1. The van der Waals surface area contributed by atoms with E-state index in [1.165, 1.54) is 0 Å². The highest BCUT2D eigenvalue weighted by Gasteiger charge is 2.17. The van der Waals surface area contributed by atoms with Crippen LogP contribution in [0.5, 0.6) is 0 Å². The molecule has 0 aliphatic heterocycles. The molecule has 1 amide bonds. The number of carbonyl (C=O) groups is 1. The van der Waals surface area contributed by atoms with Gasteiger partial charge in [0.15, 0.2) is 0 Å². The number of anilines is 1. The van der Waals surface area contributed by atoms with Crippen LogP contribution in [0.25, 0.3) is 11.3 Å². The molecule has 0 atom stereocenters. The van der Waals surface area contributed by atoms with Crippen molar-refractivity contribution in [2.24, 2.45) is 0 Å². The van der Waals surface area contributed by atoms with Crippen LogP contribution in [0.3, 0.4) is 0 Å². The Labute approximate surface area is 178 Å². The van der Waals surface area contributed by atoms with Gasteiger partial charge < -0.3 is 9.72 Å². The standard InChI is InChI=1S/C21H19Cl2N5O/c1-12-10-27-11-15(4-7-20(27)24-12)25-21(29)9-17-13(2)26-28(14(17)3)16-5-6-18(22)19(23)8-16/h4-8,10-11H,9H2,1-3H3,(H,25,29). The zero-order valence-electron chi connectivity index (χ0n) is 16.2. The minimum absolute atomic E-state index is 0.110. The van der Waals surface area contributed by atoms with Gasteiger partial charge in [0, 0.05) is 23.7 Å². The van der Waals surface area contributed by atoms with Gasteiger partial charge in [0.1, 0.15) is 5.65 Å². The van der Waals surface area contributed by atoms with Crippen LogP contribution in [0.15, 0.2) is 42.7 Å². The summed E-state index contributed by atoms with van der Waals surface area (Å²) in [6.07, 6.45) is 3.99. The maximum absolute atomic E-state index is 12.7. The Kier molecular flexibility index (Phi) is 5.06.